The molecule has 1 aromatic carbocycles. The Bertz CT molecular complexity index is 677. The number of halogens is 1. The van der Waals surface area contributed by atoms with Gasteiger partial charge in [0.05, 0.1) is 18.1 Å². The van der Waals surface area contributed by atoms with E-state index in [4.69, 9.17) is 10.00 Å². The number of esters is 1. The highest BCUT2D eigenvalue weighted by Gasteiger charge is 2.57. The van der Waals surface area contributed by atoms with Gasteiger partial charge in [-0.2, -0.15) is 5.26 Å². The van der Waals surface area contributed by atoms with Crippen LogP contribution in [0, 0.1) is 28.6 Å². The molecule has 4 aliphatic carbocycles. The number of benzene rings is 1. The van der Waals surface area contributed by atoms with Crippen molar-refractivity contribution in [1.82, 2.24) is 0 Å². The molecule has 0 aliphatic heterocycles. The van der Waals surface area contributed by atoms with E-state index in [0.29, 0.717) is 18.6 Å². The van der Waals surface area contributed by atoms with Crippen LogP contribution in [0.1, 0.15) is 56.1 Å². The molecule has 0 spiro atoms. The van der Waals surface area contributed by atoms with Crippen LogP contribution in [-0.2, 0) is 16.1 Å². The van der Waals surface area contributed by atoms with Crippen LogP contribution in [0.3, 0.4) is 0 Å². The molecule has 0 N–H and O–H groups in total. The standard InChI is InChI=1S/C20H22BrNO2/c21-20-8-16-5-17(9-20)7-19(6-16,13-20)10-18(23)24-12-15-3-1-14(11-22)2-4-15/h1-4,16-17H,5-10,12-13H2/t16-,17+,19?,20?. The van der Waals surface area contributed by atoms with E-state index in [1.165, 1.54) is 32.1 Å². The molecule has 0 radical (unpaired) electrons. The van der Waals surface area contributed by atoms with E-state index in [-0.39, 0.29) is 15.7 Å². The van der Waals surface area contributed by atoms with E-state index in [2.05, 4.69) is 22.0 Å². The van der Waals surface area contributed by atoms with E-state index in [1.807, 2.05) is 12.1 Å². The summed E-state index contributed by atoms with van der Waals surface area (Å²) >= 11 is 3.99. The van der Waals surface area contributed by atoms with Gasteiger partial charge in [-0.1, -0.05) is 28.1 Å². The third kappa shape index (κ3) is 3.11. The fraction of sp³-hybridized carbons (Fsp3) is 0.600. The van der Waals surface area contributed by atoms with Gasteiger partial charge < -0.3 is 4.74 Å². The fourth-order valence-electron chi connectivity index (χ4n) is 5.74. The summed E-state index contributed by atoms with van der Waals surface area (Å²) in [6, 6.07) is 9.32. The van der Waals surface area contributed by atoms with Gasteiger partial charge in [-0.3, -0.25) is 4.79 Å². The zero-order chi connectivity index (χ0) is 16.8. The Kier molecular flexibility index (Phi) is 3.95. The maximum absolute atomic E-state index is 12.4. The smallest absolute Gasteiger partial charge is 0.306 e. The van der Waals surface area contributed by atoms with E-state index < -0.39 is 0 Å². The van der Waals surface area contributed by atoms with Crippen LogP contribution in [-0.4, -0.2) is 10.3 Å². The summed E-state index contributed by atoms with van der Waals surface area (Å²) in [5.41, 5.74) is 1.72. The second-order valence-corrected chi connectivity index (χ2v) is 9.94. The highest BCUT2D eigenvalue weighted by molar-refractivity contribution is 9.10. The molecule has 4 atom stereocenters. The summed E-state index contributed by atoms with van der Waals surface area (Å²) in [5.74, 6) is 1.51. The fourth-order valence-corrected chi connectivity index (χ4v) is 7.25. The highest BCUT2D eigenvalue weighted by Crippen LogP contribution is 2.65. The zero-order valence-corrected chi connectivity index (χ0v) is 15.3. The maximum atomic E-state index is 12.4. The molecule has 0 aromatic heterocycles. The molecule has 4 heteroatoms. The third-order valence-corrected chi connectivity index (χ3v) is 7.04. The van der Waals surface area contributed by atoms with E-state index >= 15 is 0 Å². The lowest BCUT2D eigenvalue weighted by Crippen LogP contribution is -2.53. The van der Waals surface area contributed by atoms with Gasteiger partial charge in [0.1, 0.15) is 6.61 Å². The van der Waals surface area contributed by atoms with Crippen molar-refractivity contribution in [3.63, 3.8) is 0 Å². The summed E-state index contributed by atoms with van der Waals surface area (Å²) < 4.78 is 5.82. The Morgan fingerprint density at radius 2 is 1.88 bits per heavy atom. The summed E-state index contributed by atoms with van der Waals surface area (Å²) in [6.07, 6.45) is 8.00. The molecular formula is C20H22BrNO2. The number of ether oxygens (including phenoxy) is 1. The van der Waals surface area contributed by atoms with Gasteiger partial charge in [-0.15, -0.1) is 0 Å². The molecule has 126 valence electrons. The Morgan fingerprint density at radius 3 is 2.46 bits per heavy atom. The number of alkyl halides is 1. The Morgan fingerprint density at radius 1 is 1.21 bits per heavy atom. The van der Waals surface area contributed by atoms with E-state index in [9.17, 15) is 4.79 Å². The van der Waals surface area contributed by atoms with Crippen LogP contribution < -0.4 is 0 Å². The van der Waals surface area contributed by atoms with Crippen LogP contribution in [0.2, 0.25) is 0 Å². The molecule has 0 saturated heterocycles. The monoisotopic (exact) mass is 387 g/mol. The number of carbonyl (C=O) groups excluding carboxylic acids is 1. The summed E-state index contributed by atoms with van der Waals surface area (Å²) in [4.78, 5) is 12.4. The molecule has 3 nitrogen and oxygen atoms in total. The molecule has 0 heterocycles. The van der Waals surface area contributed by atoms with Crippen LogP contribution in [0.15, 0.2) is 24.3 Å². The van der Waals surface area contributed by atoms with Crippen LogP contribution >= 0.6 is 15.9 Å². The topological polar surface area (TPSA) is 50.1 Å². The maximum Gasteiger partial charge on any atom is 0.306 e. The molecule has 1 aromatic rings. The molecule has 4 fully saturated rings. The molecule has 5 rings (SSSR count). The number of hydrogen-bond donors (Lipinski definition) is 0. The molecular weight excluding hydrogens is 366 g/mol. The molecule has 2 unspecified atom stereocenters. The normalized spacial score (nSPS) is 36.3. The number of nitriles is 1. The third-order valence-electron chi connectivity index (χ3n) is 6.11. The van der Waals surface area contributed by atoms with Crippen molar-refractivity contribution in [2.75, 3.05) is 0 Å². The Balaban J connectivity index is 1.37. The largest absolute Gasteiger partial charge is 0.461 e. The predicted molar refractivity (Wildman–Crippen MR) is 94.3 cm³/mol. The highest BCUT2D eigenvalue weighted by atomic mass is 79.9. The number of carbonyl (C=O) groups is 1. The molecule has 4 aliphatic rings. The minimum Gasteiger partial charge on any atom is -0.461 e. The average molecular weight is 388 g/mol. The molecule has 24 heavy (non-hydrogen) atoms. The van der Waals surface area contributed by atoms with Gasteiger partial charge in [0.2, 0.25) is 0 Å². The van der Waals surface area contributed by atoms with Crippen LogP contribution in [0.5, 0.6) is 0 Å². The Labute approximate surface area is 151 Å². The van der Waals surface area contributed by atoms with Crippen molar-refractivity contribution in [2.45, 2.75) is 55.9 Å². The quantitative estimate of drug-likeness (QED) is 0.554. The second-order valence-electron chi connectivity index (χ2n) is 8.26. The molecule has 4 bridgehead atoms. The van der Waals surface area contributed by atoms with E-state index in [1.54, 1.807) is 12.1 Å². The van der Waals surface area contributed by atoms with Gasteiger partial charge in [0.25, 0.3) is 0 Å². The minimum atomic E-state index is -0.0718. The van der Waals surface area contributed by atoms with Crippen molar-refractivity contribution in [3.05, 3.63) is 35.4 Å². The second kappa shape index (κ2) is 5.88. The molecule has 4 saturated carbocycles. The lowest BCUT2D eigenvalue weighted by Gasteiger charge is -2.60. The average Bonchev–Trinajstić information content (AvgIpc) is 2.50. The summed E-state index contributed by atoms with van der Waals surface area (Å²) in [6.45, 7) is 0.299. The van der Waals surface area contributed by atoms with Gasteiger partial charge in [-0.05, 0) is 73.5 Å². The summed E-state index contributed by atoms with van der Waals surface area (Å²) in [5, 5.41) is 8.82. The van der Waals surface area contributed by atoms with Crippen LogP contribution in [0.25, 0.3) is 0 Å². The van der Waals surface area contributed by atoms with Crippen molar-refractivity contribution in [3.8, 4) is 6.07 Å². The first kappa shape index (κ1) is 16.1. The van der Waals surface area contributed by atoms with E-state index in [0.717, 1.165) is 23.8 Å². The van der Waals surface area contributed by atoms with Crippen molar-refractivity contribution >= 4 is 21.9 Å². The first-order chi connectivity index (χ1) is 11.5. The lowest BCUT2D eigenvalue weighted by molar-refractivity contribution is -0.152. The lowest BCUT2D eigenvalue weighted by atomic mass is 9.49. The van der Waals surface area contributed by atoms with Gasteiger partial charge in [-0.25, -0.2) is 0 Å². The SMILES string of the molecule is N#Cc1ccc(COC(=O)CC23C[C@@H]4C[C@@H](CC(Br)(C4)C2)C3)cc1. The van der Waals surface area contributed by atoms with Crippen molar-refractivity contribution in [2.24, 2.45) is 17.3 Å². The number of nitrogens with zero attached hydrogens (tertiary/aromatic N) is 1. The Hall–Kier alpha value is -1.34. The number of hydrogen-bond acceptors (Lipinski definition) is 3. The first-order valence-corrected chi connectivity index (χ1v) is 9.61. The number of rotatable bonds is 4. The predicted octanol–water partition coefficient (Wildman–Crippen LogP) is 4.73. The van der Waals surface area contributed by atoms with Crippen molar-refractivity contribution < 1.29 is 9.53 Å². The van der Waals surface area contributed by atoms with Crippen LogP contribution in [0.4, 0.5) is 0 Å². The minimum absolute atomic E-state index is 0.0718. The molecule has 0 amide bonds. The van der Waals surface area contributed by atoms with Crippen molar-refractivity contribution in [1.29, 1.82) is 5.26 Å². The zero-order valence-electron chi connectivity index (χ0n) is 13.8. The summed E-state index contributed by atoms with van der Waals surface area (Å²) in [7, 11) is 0. The first-order valence-electron chi connectivity index (χ1n) is 8.81. The van der Waals surface area contributed by atoms with Gasteiger partial charge in [0, 0.05) is 4.32 Å². The van der Waals surface area contributed by atoms with Gasteiger partial charge in [0.15, 0.2) is 0 Å². The van der Waals surface area contributed by atoms with Gasteiger partial charge >= 0.3 is 5.97 Å².